The van der Waals surface area contributed by atoms with Gasteiger partial charge in [0.1, 0.15) is 18.2 Å². The highest BCUT2D eigenvalue weighted by Gasteiger charge is 2.04. The summed E-state index contributed by atoms with van der Waals surface area (Å²) in [7, 11) is 0. The van der Waals surface area contributed by atoms with E-state index in [4.69, 9.17) is 0 Å². The summed E-state index contributed by atoms with van der Waals surface area (Å²) >= 11 is 0. The smallest absolute Gasteiger partial charge is 0.246 e. The Hall–Kier alpha value is -2.23. The van der Waals surface area contributed by atoms with Crippen LogP contribution in [0.25, 0.3) is 0 Å². The van der Waals surface area contributed by atoms with Gasteiger partial charge in [-0.2, -0.15) is 0 Å². The molecule has 8 heteroatoms. The van der Waals surface area contributed by atoms with Gasteiger partial charge in [-0.15, -0.1) is 24.0 Å². The molecule has 0 saturated heterocycles. The lowest BCUT2D eigenvalue weighted by atomic mass is 10.1. The monoisotopic (exact) mass is 488 g/mol. The van der Waals surface area contributed by atoms with Gasteiger partial charge < -0.3 is 16.0 Å². The van der Waals surface area contributed by atoms with Crippen LogP contribution in [-0.4, -0.2) is 31.5 Å². The third-order valence-corrected chi connectivity index (χ3v) is 3.45. The molecule has 0 spiro atoms. The molecule has 1 amide bonds. The van der Waals surface area contributed by atoms with Crippen molar-refractivity contribution in [1.82, 2.24) is 10.6 Å². The zero-order valence-corrected chi connectivity index (χ0v) is 17.3. The Morgan fingerprint density at radius 1 is 1.04 bits per heavy atom. The fourth-order valence-electron chi connectivity index (χ4n) is 2.24. The maximum absolute atomic E-state index is 13.1. The number of aliphatic imine (C=N–C) groups is 1. The Labute approximate surface area is 174 Å². The van der Waals surface area contributed by atoms with Crippen LogP contribution in [0.15, 0.2) is 53.5 Å². The Balaban J connectivity index is 0.00000364. The van der Waals surface area contributed by atoms with E-state index < -0.39 is 5.82 Å². The topological polar surface area (TPSA) is 65.5 Å². The lowest BCUT2D eigenvalue weighted by Crippen LogP contribution is -2.39. The maximum Gasteiger partial charge on any atom is 0.246 e. The van der Waals surface area contributed by atoms with Crippen LogP contribution in [0.4, 0.5) is 14.5 Å². The first-order valence-electron chi connectivity index (χ1n) is 8.39. The number of carbonyl (C=O) groups is 1. The van der Waals surface area contributed by atoms with Crippen LogP contribution >= 0.6 is 24.0 Å². The third kappa shape index (κ3) is 8.80. The molecular formula is C19H23F2IN4O. The van der Waals surface area contributed by atoms with E-state index in [1.54, 1.807) is 18.2 Å². The van der Waals surface area contributed by atoms with Crippen molar-refractivity contribution in [3.05, 3.63) is 65.7 Å². The summed E-state index contributed by atoms with van der Waals surface area (Å²) in [4.78, 5) is 16.1. The largest absolute Gasteiger partial charge is 0.357 e. The average Bonchev–Trinajstić information content (AvgIpc) is 2.61. The molecule has 5 nitrogen and oxygen atoms in total. The molecule has 2 aromatic rings. The van der Waals surface area contributed by atoms with E-state index in [0.717, 1.165) is 5.56 Å². The van der Waals surface area contributed by atoms with Crippen molar-refractivity contribution in [2.45, 2.75) is 13.3 Å². The highest BCUT2D eigenvalue weighted by molar-refractivity contribution is 14.0. The average molecular weight is 488 g/mol. The summed E-state index contributed by atoms with van der Waals surface area (Å²) in [5.74, 6) is -0.515. The first kappa shape index (κ1) is 22.8. The second kappa shape index (κ2) is 12.2. The Kier molecular flexibility index (Phi) is 10.3. The van der Waals surface area contributed by atoms with Gasteiger partial charge in [0.15, 0.2) is 5.96 Å². The SMILES string of the molecule is CCNC(=NCC(=O)Nc1cccc(F)c1)NCCc1ccc(F)cc1.I. The predicted octanol–water partition coefficient (Wildman–Crippen LogP) is 3.32. The molecule has 2 aromatic carbocycles. The summed E-state index contributed by atoms with van der Waals surface area (Å²) in [6, 6.07) is 12.0. The van der Waals surface area contributed by atoms with Crippen LogP contribution in [0.5, 0.6) is 0 Å². The summed E-state index contributed by atoms with van der Waals surface area (Å²) in [5.41, 5.74) is 1.39. The molecule has 0 unspecified atom stereocenters. The first-order valence-corrected chi connectivity index (χ1v) is 8.39. The van der Waals surface area contributed by atoms with Crippen LogP contribution in [0.2, 0.25) is 0 Å². The molecule has 0 aliphatic rings. The normalized spacial score (nSPS) is 10.7. The number of nitrogens with zero attached hydrogens (tertiary/aromatic N) is 1. The number of nitrogens with one attached hydrogen (secondary N) is 3. The number of guanidine groups is 1. The minimum absolute atomic E-state index is 0. The van der Waals surface area contributed by atoms with E-state index in [0.29, 0.717) is 31.2 Å². The molecule has 0 saturated carbocycles. The van der Waals surface area contributed by atoms with Crippen molar-refractivity contribution in [2.24, 2.45) is 4.99 Å². The lowest BCUT2D eigenvalue weighted by Gasteiger charge is -2.11. The van der Waals surface area contributed by atoms with E-state index in [-0.39, 0.29) is 42.2 Å². The second-order valence-electron chi connectivity index (χ2n) is 5.56. The van der Waals surface area contributed by atoms with Crippen LogP contribution < -0.4 is 16.0 Å². The quantitative estimate of drug-likeness (QED) is 0.319. The predicted molar refractivity (Wildman–Crippen MR) is 115 cm³/mol. The standard InChI is InChI=1S/C19H22F2N4O.HI/c1-2-22-19(23-11-10-14-6-8-15(20)9-7-14)24-13-18(26)25-17-5-3-4-16(21)12-17;/h3-9,12H,2,10-11,13H2,1H3,(H,25,26)(H2,22,23,24);1H. The van der Waals surface area contributed by atoms with Crippen LogP contribution in [0, 0.1) is 11.6 Å². The third-order valence-electron chi connectivity index (χ3n) is 3.45. The maximum atomic E-state index is 13.1. The van der Waals surface area contributed by atoms with Crippen molar-refractivity contribution in [3.8, 4) is 0 Å². The summed E-state index contributed by atoms with van der Waals surface area (Å²) < 4.78 is 26.0. The fourth-order valence-corrected chi connectivity index (χ4v) is 2.24. The molecule has 3 N–H and O–H groups in total. The van der Waals surface area contributed by atoms with Crippen molar-refractivity contribution in [1.29, 1.82) is 0 Å². The summed E-state index contributed by atoms with van der Waals surface area (Å²) in [5, 5.41) is 8.75. The molecule has 2 rings (SSSR count). The molecule has 146 valence electrons. The minimum Gasteiger partial charge on any atom is -0.357 e. The van der Waals surface area contributed by atoms with Gasteiger partial charge >= 0.3 is 0 Å². The molecule has 0 radical (unpaired) electrons. The minimum atomic E-state index is -0.415. The fraction of sp³-hybridized carbons (Fsp3) is 0.263. The zero-order valence-electron chi connectivity index (χ0n) is 15.0. The number of rotatable bonds is 7. The molecule has 0 atom stereocenters. The number of halogens is 3. The van der Waals surface area contributed by atoms with Gasteiger partial charge in [0.05, 0.1) is 0 Å². The van der Waals surface area contributed by atoms with Gasteiger partial charge in [-0.05, 0) is 49.2 Å². The van der Waals surface area contributed by atoms with Crippen molar-refractivity contribution >= 4 is 41.5 Å². The van der Waals surface area contributed by atoms with Crippen molar-refractivity contribution in [3.63, 3.8) is 0 Å². The molecule has 0 aromatic heterocycles. The molecule has 0 bridgehead atoms. The van der Waals surface area contributed by atoms with Gasteiger partial charge in [0.2, 0.25) is 5.91 Å². The molecule has 27 heavy (non-hydrogen) atoms. The second-order valence-corrected chi connectivity index (χ2v) is 5.56. The molecule has 0 aliphatic heterocycles. The highest BCUT2D eigenvalue weighted by Crippen LogP contribution is 2.08. The molecular weight excluding hydrogens is 465 g/mol. The van der Waals surface area contributed by atoms with Crippen LogP contribution in [0.1, 0.15) is 12.5 Å². The Morgan fingerprint density at radius 3 is 2.44 bits per heavy atom. The van der Waals surface area contributed by atoms with Gasteiger partial charge in [-0.3, -0.25) is 4.79 Å². The number of carbonyl (C=O) groups excluding carboxylic acids is 1. The first-order chi connectivity index (χ1) is 12.6. The lowest BCUT2D eigenvalue weighted by molar-refractivity contribution is -0.114. The summed E-state index contributed by atoms with van der Waals surface area (Å²) in [6.07, 6.45) is 0.695. The number of anilines is 1. The molecule has 0 heterocycles. The number of hydrogen-bond donors (Lipinski definition) is 3. The van der Waals surface area contributed by atoms with Gasteiger partial charge in [0, 0.05) is 18.8 Å². The van der Waals surface area contributed by atoms with Crippen molar-refractivity contribution in [2.75, 3.05) is 25.0 Å². The van der Waals surface area contributed by atoms with E-state index >= 15 is 0 Å². The van der Waals surface area contributed by atoms with E-state index in [9.17, 15) is 13.6 Å². The molecule has 0 aliphatic carbocycles. The van der Waals surface area contributed by atoms with Gasteiger partial charge in [0.25, 0.3) is 0 Å². The Morgan fingerprint density at radius 2 is 1.78 bits per heavy atom. The van der Waals surface area contributed by atoms with Gasteiger partial charge in [-0.25, -0.2) is 13.8 Å². The highest BCUT2D eigenvalue weighted by atomic mass is 127. The Bertz CT molecular complexity index is 754. The van der Waals surface area contributed by atoms with Gasteiger partial charge in [-0.1, -0.05) is 18.2 Å². The number of hydrogen-bond acceptors (Lipinski definition) is 2. The molecule has 0 fully saturated rings. The number of benzene rings is 2. The zero-order chi connectivity index (χ0) is 18.8. The van der Waals surface area contributed by atoms with E-state index in [1.807, 2.05) is 6.92 Å². The van der Waals surface area contributed by atoms with E-state index in [2.05, 4.69) is 20.9 Å². The number of amides is 1. The van der Waals surface area contributed by atoms with Crippen LogP contribution in [-0.2, 0) is 11.2 Å². The summed E-state index contributed by atoms with van der Waals surface area (Å²) in [6.45, 7) is 3.06. The van der Waals surface area contributed by atoms with Crippen LogP contribution in [0.3, 0.4) is 0 Å². The van der Waals surface area contributed by atoms with Crippen molar-refractivity contribution < 1.29 is 13.6 Å². The van der Waals surface area contributed by atoms with E-state index in [1.165, 1.54) is 30.3 Å².